The molecule has 6 heteroatoms. The molecular formula is C14H6ClN3O2. The molecule has 20 heavy (non-hydrogen) atoms. The van der Waals surface area contributed by atoms with Crippen LogP contribution in [0.15, 0.2) is 36.7 Å². The maximum absolute atomic E-state index is 12.3. The lowest BCUT2D eigenvalue weighted by Crippen LogP contribution is -2.30. The van der Waals surface area contributed by atoms with Crippen LogP contribution in [-0.4, -0.2) is 16.8 Å². The smallest absolute Gasteiger partial charge is 0.267 e. The van der Waals surface area contributed by atoms with Gasteiger partial charge in [0.25, 0.3) is 11.8 Å². The second-order valence-corrected chi connectivity index (χ2v) is 4.58. The zero-order valence-electron chi connectivity index (χ0n) is 10.0. The lowest BCUT2D eigenvalue weighted by Gasteiger charge is -2.15. The van der Waals surface area contributed by atoms with Gasteiger partial charge in [-0.2, -0.15) is 5.26 Å². The SMILES string of the molecule is N#Cc1ccc(Cl)cc1N1C(=O)c2ccncc2C1=O. The number of benzene rings is 1. The van der Waals surface area contributed by atoms with Crippen LogP contribution in [0.4, 0.5) is 5.69 Å². The predicted molar refractivity (Wildman–Crippen MR) is 71.5 cm³/mol. The number of aromatic nitrogens is 1. The van der Waals surface area contributed by atoms with Gasteiger partial charge in [0.2, 0.25) is 0 Å². The van der Waals surface area contributed by atoms with Gasteiger partial charge < -0.3 is 0 Å². The summed E-state index contributed by atoms with van der Waals surface area (Å²) in [6.45, 7) is 0. The van der Waals surface area contributed by atoms with Gasteiger partial charge in [0.15, 0.2) is 0 Å². The molecule has 1 aromatic heterocycles. The van der Waals surface area contributed by atoms with Crippen molar-refractivity contribution in [1.82, 2.24) is 4.98 Å². The van der Waals surface area contributed by atoms with Crippen LogP contribution in [0.3, 0.4) is 0 Å². The number of pyridine rings is 1. The van der Waals surface area contributed by atoms with Crippen molar-refractivity contribution in [3.8, 4) is 6.07 Å². The third-order valence-electron chi connectivity index (χ3n) is 3.01. The van der Waals surface area contributed by atoms with Crippen LogP contribution >= 0.6 is 11.6 Å². The van der Waals surface area contributed by atoms with E-state index >= 15 is 0 Å². The lowest BCUT2D eigenvalue weighted by molar-refractivity contribution is 0.0926. The number of rotatable bonds is 1. The van der Waals surface area contributed by atoms with Crippen LogP contribution in [0, 0.1) is 11.3 Å². The minimum absolute atomic E-state index is 0.186. The molecule has 0 N–H and O–H groups in total. The van der Waals surface area contributed by atoms with Crippen LogP contribution < -0.4 is 4.90 Å². The molecule has 5 nitrogen and oxygen atoms in total. The van der Waals surface area contributed by atoms with E-state index in [1.54, 1.807) is 0 Å². The highest BCUT2D eigenvalue weighted by molar-refractivity contribution is 6.35. The fourth-order valence-corrected chi connectivity index (χ4v) is 2.25. The summed E-state index contributed by atoms with van der Waals surface area (Å²) in [5.74, 6) is -0.983. The second kappa shape index (κ2) is 4.44. The van der Waals surface area contributed by atoms with Gasteiger partial charge in [-0.05, 0) is 24.3 Å². The summed E-state index contributed by atoms with van der Waals surface area (Å²) in [5.41, 5.74) is 0.887. The molecule has 0 unspecified atom stereocenters. The first-order valence-corrected chi connectivity index (χ1v) is 6.03. The summed E-state index contributed by atoms with van der Waals surface area (Å²) in [4.78, 5) is 29.4. The molecule has 0 radical (unpaired) electrons. The van der Waals surface area contributed by atoms with Gasteiger partial charge in [0, 0.05) is 17.4 Å². The van der Waals surface area contributed by atoms with E-state index in [9.17, 15) is 9.59 Å². The topological polar surface area (TPSA) is 74.1 Å². The van der Waals surface area contributed by atoms with Gasteiger partial charge in [-0.15, -0.1) is 0 Å². The highest BCUT2D eigenvalue weighted by Gasteiger charge is 2.37. The molecule has 0 spiro atoms. The van der Waals surface area contributed by atoms with E-state index in [4.69, 9.17) is 16.9 Å². The van der Waals surface area contributed by atoms with E-state index in [-0.39, 0.29) is 22.4 Å². The molecule has 0 atom stereocenters. The summed E-state index contributed by atoms with van der Waals surface area (Å²) in [6.07, 6.45) is 2.78. The highest BCUT2D eigenvalue weighted by Crippen LogP contribution is 2.31. The van der Waals surface area contributed by atoms with E-state index in [0.29, 0.717) is 5.02 Å². The van der Waals surface area contributed by atoms with Crippen LogP contribution in [-0.2, 0) is 0 Å². The van der Waals surface area contributed by atoms with Crippen LogP contribution in [0.2, 0.25) is 5.02 Å². The average Bonchev–Trinajstić information content (AvgIpc) is 2.71. The van der Waals surface area contributed by atoms with Crippen LogP contribution in [0.5, 0.6) is 0 Å². The Morgan fingerprint density at radius 3 is 2.60 bits per heavy atom. The number of anilines is 1. The molecule has 1 aliphatic heterocycles. The fraction of sp³-hybridized carbons (Fsp3) is 0. The van der Waals surface area contributed by atoms with Gasteiger partial charge in [0.1, 0.15) is 6.07 Å². The number of imide groups is 1. The minimum Gasteiger partial charge on any atom is -0.268 e. The van der Waals surface area contributed by atoms with Crippen LogP contribution in [0.25, 0.3) is 0 Å². The number of nitriles is 1. The first-order valence-electron chi connectivity index (χ1n) is 5.66. The van der Waals surface area contributed by atoms with Gasteiger partial charge in [-0.3, -0.25) is 14.6 Å². The summed E-state index contributed by atoms with van der Waals surface area (Å²) in [6, 6.07) is 7.85. The Labute approximate surface area is 119 Å². The Morgan fingerprint density at radius 2 is 1.90 bits per heavy atom. The molecule has 2 amide bonds. The van der Waals surface area contributed by atoms with E-state index in [1.165, 1.54) is 36.7 Å². The standard InChI is InChI=1S/C14H6ClN3O2/c15-9-2-1-8(6-16)12(5-9)18-13(19)10-3-4-17-7-11(10)14(18)20/h1-5,7H. The van der Waals surface area contributed by atoms with Gasteiger partial charge in [-0.1, -0.05) is 11.6 Å². The maximum Gasteiger partial charge on any atom is 0.267 e. The Balaban J connectivity index is 2.19. The molecule has 2 aromatic rings. The second-order valence-electron chi connectivity index (χ2n) is 4.14. The third-order valence-corrected chi connectivity index (χ3v) is 3.24. The Kier molecular flexibility index (Phi) is 2.74. The maximum atomic E-state index is 12.3. The first kappa shape index (κ1) is 12.3. The number of hydrogen-bond acceptors (Lipinski definition) is 4. The van der Waals surface area contributed by atoms with Gasteiger partial charge in [-0.25, -0.2) is 4.90 Å². The summed E-state index contributed by atoms with van der Waals surface area (Å²) in [7, 11) is 0. The number of amides is 2. The number of fused-ring (bicyclic) bond motifs is 1. The zero-order chi connectivity index (χ0) is 14.3. The molecular weight excluding hydrogens is 278 g/mol. The number of hydrogen-bond donors (Lipinski definition) is 0. The van der Waals surface area contributed by atoms with Crippen molar-refractivity contribution in [2.24, 2.45) is 0 Å². The van der Waals surface area contributed by atoms with Crippen molar-refractivity contribution in [2.75, 3.05) is 4.90 Å². The zero-order valence-corrected chi connectivity index (χ0v) is 10.8. The molecule has 2 heterocycles. The van der Waals surface area contributed by atoms with E-state index in [1.807, 2.05) is 6.07 Å². The first-order chi connectivity index (χ1) is 9.63. The number of nitrogens with zero attached hydrogens (tertiary/aromatic N) is 3. The largest absolute Gasteiger partial charge is 0.268 e. The Morgan fingerprint density at radius 1 is 1.15 bits per heavy atom. The van der Waals surface area contributed by atoms with Crippen molar-refractivity contribution in [2.45, 2.75) is 0 Å². The predicted octanol–water partition coefficient (Wildman–Crippen LogP) is 2.41. The van der Waals surface area contributed by atoms with Crippen LogP contribution in [0.1, 0.15) is 26.3 Å². The molecule has 1 aliphatic rings. The molecule has 0 aliphatic carbocycles. The van der Waals surface area contributed by atoms with Crippen molar-refractivity contribution in [3.05, 3.63) is 58.4 Å². The number of halogens is 1. The van der Waals surface area contributed by atoms with Gasteiger partial charge in [0.05, 0.1) is 22.4 Å². The molecule has 1 aromatic carbocycles. The number of carbonyl (C=O) groups excluding carboxylic acids is 2. The Bertz CT molecular complexity index is 760. The highest BCUT2D eigenvalue weighted by atomic mass is 35.5. The lowest BCUT2D eigenvalue weighted by atomic mass is 10.1. The Hall–Kier alpha value is -2.71. The monoisotopic (exact) mass is 283 g/mol. The summed E-state index contributed by atoms with van der Waals surface area (Å²) < 4.78 is 0. The molecule has 0 saturated carbocycles. The number of carbonyl (C=O) groups is 2. The third kappa shape index (κ3) is 1.67. The molecule has 3 rings (SSSR count). The molecule has 96 valence electrons. The van der Waals surface area contributed by atoms with Crippen molar-refractivity contribution in [1.29, 1.82) is 5.26 Å². The van der Waals surface area contributed by atoms with Gasteiger partial charge >= 0.3 is 0 Å². The minimum atomic E-state index is -0.503. The normalized spacial score (nSPS) is 13.3. The van der Waals surface area contributed by atoms with E-state index in [2.05, 4.69) is 4.98 Å². The molecule has 0 bridgehead atoms. The molecule has 0 saturated heterocycles. The van der Waals surface area contributed by atoms with Crippen molar-refractivity contribution < 1.29 is 9.59 Å². The molecule has 0 fully saturated rings. The summed E-state index contributed by atoms with van der Waals surface area (Å²) >= 11 is 5.89. The van der Waals surface area contributed by atoms with Crippen molar-refractivity contribution in [3.63, 3.8) is 0 Å². The van der Waals surface area contributed by atoms with Crippen molar-refractivity contribution >= 4 is 29.1 Å². The van der Waals surface area contributed by atoms with E-state index < -0.39 is 11.8 Å². The average molecular weight is 284 g/mol. The fourth-order valence-electron chi connectivity index (χ4n) is 2.09. The quantitative estimate of drug-likeness (QED) is 0.753. The van der Waals surface area contributed by atoms with E-state index in [0.717, 1.165) is 4.90 Å². The summed E-state index contributed by atoms with van der Waals surface area (Å²) in [5, 5.41) is 9.45.